The molecule has 1 aliphatic carbocycles. The Labute approximate surface area is 214 Å². The Kier molecular flexibility index (Phi) is 6.58. The number of hydrogen-bond donors (Lipinski definition) is 2. The first-order valence-electron chi connectivity index (χ1n) is 11.9. The van der Waals surface area contributed by atoms with E-state index in [0.717, 1.165) is 40.5 Å². The van der Waals surface area contributed by atoms with Crippen LogP contribution >= 0.6 is 18.7 Å². The molecule has 0 radical (unpaired) electrons. The van der Waals surface area contributed by atoms with Crippen LogP contribution in [0.1, 0.15) is 30.7 Å². The first-order chi connectivity index (χ1) is 17.2. The third kappa shape index (κ3) is 5.15. The smallest absolute Gasteiger partial charge is 0.321 e. The molecule has 8 nitrogen and oxygen atoms in total. The molecule has 3 aromatic rings. The largest absolute Gasteiger partial charge is 0.326 e. The normalized spacial score (nSPS) is 17.8. The highest BCUT2D eigenvalue weighted by Gasteiger charge is 2.37. The van der Waals surface area contributed by atoms with Gasteiger partial charge in [-0.3, -0.25) is 10.1 Å². The fourth-order valence-corrected chi connectivity index (χ4v) is 5.94. The molecular weight excluding hydrogens is 497 g/mol. The summed E-state index contributed by atoms with van der Waals surface area (Å²) in [4.78, 5) is 35.3. The molecule has 2 aliphatic rings. The highest BCUT2D eigenvalue weighted by Crippen LogP contribution is 2.47. The van der Waals surface area contributed by atoms with Crippen molar-refractivity contribution >= 4 is 47.5 Å². The Bertz CT molecular complexity index is 1370. The molecule has 3 amide bonds. The molecule has 2 heterocycles. The summed E-state index contributed by atoms with van der Waals surface area (Å²) in [6.45, 7) is 4.08. The van der Waals surface area contributed by atoms with Crippen LogP contribution in [0.3, 0.4) is 0 Å². The molecule has 1 aliphatic heterocycles. The van der Waals surface area contributed by atoms with E-state index in [1.807, 2.05) is 36.4 Å². The summed E-state index contributed by atoms with van der Waals surface area (Å²) in [5.41, 5.74) is 3.98. The maximum atomic E-state index is 13.3. The number of aromatic nitrogens is 2. The van der Waals surface area contributed by atoms with E-state index in [1.54, 1.807) is 18.2 Å². The SMILES string of the molecule is CP(C)(=O)c1ccccc1-c1ccc(N2CC[C@@H](NC(=O)Nc3cnc(Cl)cn3)C2=O)c(C2CC2)c1. The molecule has 36 heavy (non-hydrogen) atoms. The zero-order chi connectivity index (χ0) is 25.4. The molecule has 2 fully saturated rings. The van der Waals surface area contributed by atoms with Crippen LogP contribution < -0.4 is 20.8 Å². The summed E-state index contributed by atoms with van der Waals surface area (Å²) in [5.74, 6) is 0.498. The van der Waals surface area contributed by atoms with Crippen molar-refractivity contribution in [3.63, 3.8) is 0 Å². The summed E-state index contributed by atoms with van der Waals surface area (Å²) in [6.07, 6.45) is 5.34. The molecule has 2 aromatic carbocycles. The number of urea groups is 1. The van der Waals surface area contributed by atoms with Crippen molar-refractivity contribution in [2.75, 3.05) is 30.1 Å². The lowest BCUT2D eigenvalue weighted by Gasteiger charge is -2.22. The molecule has 10 heteroatoms. The molecule has 2 N–H and O–H groups in total. The van der Waals surface area contributed by atoms with Gasteiger partial charge in [-0.2, -0.15) is 0 Å². The Morgan fingerprint density at radius 1 is 1.08 bits per heavy atom. The standard InChI is InChI=1S/C26H27ClN5O3P/c1-36(2,35)22-6-4-3-5-18(22)17-9-10-21(19(13-17)16-7-8-16)32-12-11-20(25(32)33)30-26(34)31-24-15-28-23(27)14-29-24/h3-6,9-10,13-16,20H,7-8,11-12H2,1-2H3,(H2,29,30,31,34)/t20-/m1/s1. The number of nitrogens with one attached hydrogen (secondary N) is 2. The van der Waals surface area contributed by atoms with Crippen LogP contribution in [0.2, 0.25) is 5.15 Å². The number of carbonyl (C=O) groups is 2. The molecule has 186 valence electrons. The van der Waals surface area contributed by atoms with E-state index >= 15 is 0 Å². The number of rotatable bonds is 6. The monoisotopic (exact) mass is 523 g/mol. The lowest BCUT2D eigenvalue weighted by molar-refractivity contribution is -0.118. The van der Waals surface area contributed by atoms with Gasteiger partial charge in [0.05, 0.1) is 12.4 Å². The van der Waals surface area contributed by atoms with Crippen molar-refractivity contribution in [3.05, 3.63) is 65.6 Å². The van der Waals surface area contributed by atoms with Crippen LogP contribution in [-0.2, 0) is 9.36 Å². The number of anilines is 2. The number of hydrogen-bond acceptors (Lipinski definition) is 5. The van der Waals surface area contributed by atoms with Crippen molar-refractivity contribution in [2.24, 2.45) is 0 Å². The van der Waals surface area contributed by atoms with Crippen LogP contribution in [0, 0.1) is 0 Å². The minimum Gasteiger partial charge on any atom is -0.326 e. The quantitative estimate of drug-likeness (QED) is 0.449. The van der Waals surface area contributed by atoms with E-state index in [1.165, 1.54) is 12.4 Å². The lowest BCUT2D eigenvalue weighted by atomic mass is 9.98. The molecule has 0 bridgehead atoms. The van der Waals surface area contributed by atoms with Gasteiger partial charge < -0.3 is 14.8 Å². The van der Waals surface area contributed by atoms with Crippen LogP contribution in [0.4, 0.5) is 16.3 Å². The summed E-state index contributed by atoms with van der Waals surface area (Å²) in [6, 6.07) is 12.8. The minimum absolute atomic E-state index is 0.144. The van der Waals surface area contributed by atoms with Crippen molar-refractivity contribution < 1.29 is 14.2 Å². The molecule has 1 aromatic heterocycles. The number of benzene rings is 2. The maximum Gasteiger partial charge on any atom is 0.321 e. The number of amides is 3. The second-order valence-electron chi connectivity index (χ2n) is 9.57. The zero-order valence-corrected chi connectivity index (χ0v) is 21.7. The van der Waals surface area contributed by atoms with E-state index < -0.39 is 19.2 Å². The van der Waals surface area contributed by atoms with Crippen LogP contribution in [0.15, 0.2) is 54.9 Å². The summed E-state index contributed by atoms with van der Waals surface area (Å²) in [7, 11) is -2.46. The predicted octanol–water partition coefficient (Wildman–Crippen LogP) is 4.85. The van der Waals surface area contributed by atoms with Crippen LogP contribution in [0.5, 0.6) is 0 Å². The average Bonchev–Trinajstić information content (AvgIpc) is 3.64. The van der Waals surface area contributed by atoms with Gasteiger partial charge in [0.2, 0.25) is 5.91 Å². The first kappa shape index (κ1) is 24.5. The van der Waals surface area contributed by atoms with Gasteiger partial charge in [0.1, 0.15) is 18.3 Å². The van der Waals surface area contributed by atoms with E-state index in [4.69, 9.17) is 11.6 Å². The van der Waals surface area contributed by atoms with E-state index in [2.05, 4.69) is 26.7 Å². The molecule has 1 saturated carbocycles. The van der Waals surface area contributed by atoms with E-state index in [0.29, 0.717) is 18.9 Å². The highest BCUT2D eigenvalue weighted by molar-refractivity contribution is 7.70. The van der Waals surface area contributed by atoms with Crippen molar-refractivity contribution in [1.29, 1.82) is 0 Å². The summed E-state index contributed by atoms with van der Waals surface area (Å²) >= 11 is 5.73. The van der Waals surface area contributed by atoms with Gasteiger partial charge in [0.15, 0.2) is 5.82 Å². The third-order valence-corrected chi connectivity index (χ3v) is 8.25. The Morgan fingerprint density at radius 2 is 1.86 bits per heavy atom. The summed E-state index contributed by atoms with van der Waals surface area (Å²) < 4.78 is 12.9. The Morgan fingerprint density at radius 3 is 2.56 bits per heavy atom. The van der Waals surface area contributed by atoms with Gasteiger partial charge in [-0.25, -0.2) is 14.8 Å². The van der Waals surface area contributed by atoms with Crippen molar-refractivity contribution in [2.45, 2.75) is 31.2 Å². The van der Waals surface area contributed by atoms with Crippen LogP contribution in [-0.4, -0.2) is 47.8 Å². The second-order valence-corrected chi connectivity index (χ2v) is 13.1. The average molecular weight is 524 g/mol. The van der Waals surface area contributed by atoms with Gasteiger partial charge in [-0.05, 0) is 67.3 Å². The van der Waals surface area contributed by atoms with Gasteiger partial charge in [-0.15, -0.1) is 0 Å². The Balaban J connectivity index is 1.36. The molecule has 0 spiro atoms. The van der Waals surface area contributed by atoms with Crippen molar-refractivity contribution in [3.8, 4) is 11.1 Å². The first-order valence-corrected chi connectivity index (χ1v) is 14.8. The van der Waals surface area contributed by atoms with Gasteiger partial charge in [-0.1, -0.05) is 41.9 Å². The Hall–Kier alpha value is -3.22. The lowest BCUT2D eigenvalue weighted by Crippen LogP contribution is -2.43. The number of nitrogens with zero attached hydrogens (tertiary/aromatic N) is 3. The third-order valence-electron chi connectivity index (χ3n) is 6.50. The number of carbonyl (C=O) groups excluding carboxylic acids is 2. The van der Waals surface area contributed by atoms with Crippen molar-refractivity contribution in [1.82, 2.24) is 15.3 Å². The predicted molar refractivity (Wildman–Crippen MR) is 143 cm³/mol. The topological polar surface area (TPSA) is 104 Å². The van der Waals surface area contributed by atoms with Gasteiger partial charge >= 0.3 is 6.03 Å². The van der Waals surface area contributed by atoms with Crippen LogP contribution in [0.25, 0.3) is 11.1 Å². The summed E-state index contributed by atoms with van der Waals surface area (Å²) in [5, 5.41) is 6.40. The van der Waals surface area contributed by atoms with Gasteiger partial charge in [0.25, 0.3) is 0 Å². The second kappa shape index (κ2) is 9.68. The molecule has 1 atom stereocenters. The highest BCUT2D eigenvalue weighted by atomic mass is 35.5. The molecule has 5 rings (SSSR count). The van der Waals surface area contributed by atoms with Gasteiger partial charge in [0, 0.05) is 17.5 Å². The maximum absolute atomic E-state index is 13.3. The number of halogens is 1. The fourth-order valence-electron chi connectivity index (χ4n) is 4.62. The van der Waals surface area contributed by atoms with E-state index in [-0.39, 0.29) is 16.9 Å². The molecular formula is C26H27ClN5O3P. The molecule has 0 unspecified atom stereocenters. The van der Waals surface area contributed by atoms with E-state index in [9.17, 15) is 14.2 Å². The fraction of sp³-hybridized carbons (Fsp3) is 0.308. The zero-order valence-electron chi connectivity index (χ0n) is 20.1. The minimum atomic E-state index is -2.46. The molecule has 1 saturated heterocycles.